The predicted octanol–water partition coefficient (Wildman–Crippen LogP) is 1.62. The SMILES string of the molecule is CCn1nc(CN(C)C(C)C(N)=NO)c2ccccc21. The van der Waals surface area contributed by atoms with Crippen molar-refractivity contribution in [2.75, 3.05) is 7.05 Å². The van der Waals surface area contributed by atoms with Crippen LogP contribution < -0.4 is 5.73 Å². The molecule has 0 bridgehead atoms. The Bertz CT molecular complexity index is 619. The number of nitrogens with zero attached hydrogens (tertiary/aromatic N) is 4. The molecule has 1 aromatic carbocycles. The van der Waals surface area contributed by atoms with Gasteiger partial charge in [-0.2, -0.15) is 5.10 Å². The molecule has 1 heterocycles. The summed E-state index contributed by atoms with van der Waals surface area (Å²) in [7, 11) is 1.93. The Morgan fingerprint density at radius 2 is 2.20 bits per heavy atom. The Labute approximate surface area is 118 Å². The van der Waals surface area contributed by atoms with E-state index in [4.69, 9.17) is 10.9 Å². The maximum absolute atomic E-state index is 8.75. The van der Waals surface area contributed by atoms with Crippen LogP contribution in [-0.4, -0.2) is 38.8 Å². The van der Waals surface area contributed by atoms with Gasteiger partial charge in [-0.15, -0.1) is 0 Å². The fourth-order valence-corrected chi connectivity index (χ4v) is 2.24. The van der Waals surface area contributed by atoms with Crippen LogP contribution in [0.3, 0.4) is 0 Å². The van der Waals surface area contributed by atoms with Crippen molar-refractivity contribution in [1.82, 2.24) is 14.7 Å². The first kappa shape index (κ1) is 14.3. The molecule has 3 N–H and O–H groups in total. The van der Waals surface area contributed by atoms with E-state index in [2.05, 4.69) is 29.3 Å². The molecule has 0 saturated heterocycles. The Kier molecular flexibility index (Phi) is 4.24. The number of aromatic nitrogens is 2. The van der Waals surface area contributed by atoms with Gasteiger partial charge in [0, 0.05) is 18.5 Å². The van der Waals surface area contributed by atoms with E-state index >= 15 is 0 Å². The summed E-state index contributed by atoms with van der Waals surface area (Å²) in [6, 6.07) is 8.03. The average Bonchev–Trinajstić information content (AvgIpc) is 2.83. The summed E-state index contributed by atoms with van der Waals surface area (Å²) < 4.78 is 1.99. The van der Waals surface area contributed by atoms with Crippen LogP contribution in [-0.2, 0) is 13.1 Å². The minimum absolute atomic E-state index is 0.148. The lowest BCUT2D eigenvalue weighted by molar-refractivity contribution is 0.277. The third kappa shape index (κ3) is 2.60. The Morgan fingerprint density at radius 1 is 1.50 bits per heavy atom. The molecule has 0 aliphatic carbocycles. The van der Waals surface area contributed by atoms with Gasteiger partial charge < -0.3 is 10.9 Å². The highest BCUT2D eigenvalue weighted by Crippen LogP contribution is 2.20. The molecule has 20 heavy (non-hydrogen) atoms. The molecule has 0 fully saturated rings. The highest BCUT2D eigenvalue weighted by molar-refractivity contribution is 5.85. The van der Waals surface area contributed by atoms with Gasteiger partial charge in [-0.25, -0.2) is 0 Å². The van der Waals surface area contributed by atoms with Gasteiger partial charge in [-0.1, -0.05) is 23.4 Å². The van der Waals surface area contributed by atoms with Crippen molar-refractivity contribution < 1.29 is 5.21 Å². The van der Waals surface area contributed by atoms with Crippen LogP contribution in [0.25, 0.3) is 10.9 Å². The average molecular weight is 275 g/mol. The molecule has 1 aromatic heterocycles. The molecule has 2 rings (SSSR count). The van der Waals surface area contributed by atoms with Gasteiger partial charge in [0.25, 0.3) is 0 Å². The zero-order chi connectivity index (χ0) is 14.7. The minimum Gasteiger partial charge on any atom is -0.409 e. The number of nitrogens with two attached hydrogens (primary N) is 1. The lowest BCUT2D eigenvalue weighted by atomic mass is 10.2. The first-order valence-electron chi connectivity index (χ1n) is 6.70. The van der Waals surface area contributed by atoms with Crippen molar-refractivity contribution in [2.45, 2.75) is 33.0 Å². The molecule has 6 heteroatoms. The number of hydrogen-bond donors (Lipinski definition) is 2. The monoisotopic (exact) mass is 275 g/mol. The molecule has 6 nitrogen and oxygen atoms in total. The lowest BCUT2D eigenvalue weighted by Crippen LogP contribution is -2.40. The van der Waals surface area contributed by atoms with E-state index in [9.17, 15) is 0 Å². The van der Waals surface area contributed by atoms with Crippen molar-refractivity contribution in [2.24, 2.45) is 10.9 Å². The molecule has 1 unspecified atom stereocenters. The first-order valence-corrected chi connectivity index (χ1v) is 6.70. The number of aryl methyl sites for hydroxylation is 1. The number of oxime groups is 1. The van der Waals surface area contributed by atoms with Crippen molar-refractivity contribution >= 4 is 16.7 Å². The molecule has 1 atom stereocenters. The topological polar surface area (TPSA) is 79.7 Å². The Morgan fingerprint density at radius 3 is 2.85 bits per heavy atom. The number of fused-ring (bicyclic) bond motifs is 1. The van der Waals surface area contributed by atoms with Crippen LogP contribution in [0.1, 0.15) is 19.5 Å². The normalized spacial score (nSPS) is 14.1. The lowest BCUT2D eigenvalue weighted by Gasteiger charge is -2.22. The fraction of sp³-hybridized carbons (Fsp3) is 0.429. The van der Waals surface area contributed by atoms with Crippen molar-refractivity contribution in [3.8, 4) is 0 Å². The van der Waals surface area contributed by atoms with Gasteiger partial charge in [0.05, 0.1) is 17.3 Å². The standard InChI is InChI=1S/C14H21N5O/c1-4-19-13-8-6-5-7-11(13)12(16-19)9-18(3)10(2)14(15)17-20/h5-8,10,20H,4,9H2,1-3H3,(H2,15,17). The molecule has 0 amide bonds. The maximum atomic E-state index is 8.75. The molecule has 0 aliphatic rings. The summed E-state index contributed by atoms with van der Waals surface area (Å²) >= 11 is 0. The molecule has 0 spiro atoms. The summed E-state index contributed by atoms with van der Waals surface area (Å²) in [5, 5.41) is 17.6. The van der Waals surface area contributed by atoms with Crippen molar-refractivity contribution in [3.63, 3.8) is 0 Å². The van der Waals surface area contributed by atoms with Gasteiger partial charge in [0.1, 0.15) is 0 Å². The van der Waals surface area contributed by atoms with E-state index < -0.39 is 0 Å². The molecular formula is C14H21N5O. The quantitative estimate of drug-likeness (QED) is 0.376. The zero-order valence-corrected chi connectivity index (χ0v) is 12.1. The third-order valence-electron chi connectivity index (χ3n) is 3.64. The summed E-state index contributed by atoms with van der Waals surface area (Å²) in [6.45, 7) is 5.45. The van der Waals surface area contributed by atoms with E-state index in [0.29, 0.717) is 6.54 Å². The van der Waals surface area contributed by atoms with Gasteiger partial charge in [0.2, 0.25) is 0 Å². The van der Waals surface area contributed by atoms with Gasteiger partial charge in [0.15, 0.2) is 5.84 Å². The van der Waals surface area contributed by atoms with Crippen LogP contribution in [0, 0.1) is 0 Å². The van der Waals surface area contributed by atoms with Crippen molar-refractivity contribution in [1.29, 1.82) is 0 Å². The van der Waals surface area contributed by atoms with E-state index in [1.807, 2.05) is 35.7 Å². The van der Waals surface area contributed by atoms with Gasteiger partial charge >= 0.3 is 0 Å². The maximum Gasteiger partial charge on any atom is 0.156 e. The third-order valence-corrected chi connectivity index (χ3v) is 3.64. The first-order chi connectivity index (χ1) is 9.58. The van der Waals surface area contributed by atoms with Crippen LogP contribution in [0.5, 0.6) is 0 Å². The van der Waals surface area contributed by atoms with Crippen LogP contribution in [0.2, 0.25) is 0 Å². The highest BCUT2D eigenvalue weighted by Gasteiger charge is 2.17. The van der Waals surface area contributed by atoms with Crippen molar-refractivity contribution in [3.05, 3.63) is 30.0 Å². The summed E-state index contributed by atoms with van der Waals surface area (Å²) in [5.41, 5.74) is 7.78. The van der Waals surface area contributed by atoms with Gasteiger partial charge in [-0.3, -0.25) is 9.58 Å². The van der Waals surface area contributed by atoms with E-state index in [1.165, 1.54) is 0 Å². The minimum atomic E-state index is -0.148. The molecule has 0 saturated carbocycles. The molecular weight excluding hydrogens is 254 g/mol. The Balaban J connectivity index is 2.30. The molecule has 0 aliphatic heterocycles. The van der Waals surface area contributed by atoms with Gasteiger partial charge in [-0.05, 0) is 27.0 Å². The second-order valence-electron chi connectivity index (χ2n) is 4.90. The van der Waals surface area contributed by atoms with E-state index in [0.717, 1.165) is 23.1 Å². The predicted molar refractivity (Wildman–Crippen MR) is 79.7 cm³/mol. The molecule has 0 radical (unpaired) electrons. The number of para-hydroxylation sites is 1. The Hall–Kier alpha value is -2.08. The van der Waals surface area contributed by atoms with Crippen LogP contribution in [0.15, 0.2) is 29.4 Å². The van der Waals surface area contributed by atoms with Crippen LogP contribution in [0.4, 0.5) is 0 Å². The number of rotatable bonds is 5. The van der Waals surface area contributed by atoms with E-state index in [1.54, 1.807) is 0 Å². The number of amidine groups is 1. The number of hydrogen-bond acceptors (Lipinski definition) is 4. The van der Waals surface area contributed by atoms with Crippen LogP contribution >= 0.6 is 0 Å². The smallest absolute Gasteiger partial charge is 0.156 e. The highest BCUT2D eigenvalue weighted by atomic mass is 16.4. The molecule has 2 aromatic rings. The second kappa shape index (κ2) is 5.92. The number of benzene rings is 1. The summed E-state index contributed by atoms with van der Waals surface area (Å²) in [5.74, 6) is 0.201. The fourth-order valence-electron chi connectivity index (χ4n) is 2.24. The molecule has 108 valence electrons. The summed E-state index contributed by atoms with van der Waals surface area (Å²) in [6.07, 6.45) is 0. The van der Waals surface area contributed by atoms with E-state index in [-0.39, 0.29) is 11.9 Å². The zero-order valence-electron chi connectivity index (χ0n) is 12.1. The second-order valence-corrected chi connectivity index (χ2v) is 4.90. The summed E-state index contributed by atoms with van der Waals surface area (Å²) in [4.78, 5) is 2.00. The number of likely N-dealkylation sites (N-methyl/N-ethyl adjacent to an activating group) is 1. The largest absolute Gasteiger partial charge is 0.409 e.